The van der Waals surface area contributed by atoms with Gasteiger partial charge in [-0.2, -0.15) is 0 Å². The summed E-state index contributed by atoms with van der Waals surface area (Å²) in [5.74, 6) is 0. The second-order valence-electron chi connectivity index (χ2n) is 2.87. The highest BCUT2D eigenvalue weighted by Gasteiger charge is 2.18. The van der Waals surface area contributed by atoms with Crippen molar-refractivity contribution < 1.29 is 13.0 Å². The van der Waals surface area contributed by atoms with E-state index in [2.05, 4.69) is 20.3 Å². The summed E-state index contributed by atoms with van der Waals surface area (Å²) in [4.78, 5) is -0.0993. The van der Waals surface area contributed by atoms with Crippen LogP contribution >= 0.6 is 0 Å². The van der Waals surface area contributed by atoms with Crippen molar-refractivity contribution in [3.8, 4) is 0 Å². The first kappa shape index (κ1) is 9.87. The Morgan fingerprint density at radius 3 is 2.60 bits per heavy atom. The fourth-order valence-corrected chi connectivity index (χ4v) is 1.94. The summed E-state index contributed by atoms with van der Waals surface area (Å²) in [5, 5.41) is 15.0. The molecule has 2 rings (SSSR count). The van der Waals surface area contributed by atoms with Gasteiger partial charge in [-0.1, -0.05) is 0 Å². The summed E-state index contributed by atoms with van der Waals surface area (Å²) in [6, 6.07) is 2.90. The molecule has 0 aliphatic heterocycles. The van der Waals surface area contributed by atoms with Crippen molar-refractivity contribution in [2.75, 3.05) is 12.4 Å². The van der Waals surface area contributed by atoms with Gasteiger partial charge >= 0.3 is 0 Å². The maximum atomic E-state index is 11.2. The lowest BCUT2D eigenvalue weighted by Gasteiger charge is -2.01. The van der Waals surface area contributed by atoms with Gasteiger partial charge in [0.15, 0.2) is 11.0 Å². The molecule has 0 fully saturated rings. The number of nitrogens with zero attached hydrogens (tertiary/aromatic N) is 2. The number of sulfonamides is 1. The van der Waals surface area contributed by atoms with Crippen molar-refractivity contribution in [1.29, 1.82) is 0 Å². The van der Waals surface area contributed by atoms with Gasteiger partial charge in [0.25, 0.3) is 0 Å². The van der Waals surface area contributed by atoms with Crippen LogP contribution < -0.4 is 10.5 Å². The molecule has 0 atom stereocenters. The van der Waals surface area contributed by atoms with Crippen molar-refractivity contribution >= 4 is 26.7 Å². The van der Waals surface area contributed by atoms with Gasteiger partial charge in [-0.25, -0.2) is 18.2 Å². The number of primary sulfonamides is 1. The maximum absolute atomic E-state index is 11.2. The van der Waals surface area contributed by atoms with Crippen molar-refractivity contribution in [3.63, 3.8) is 0 Å². The van der Waals surface area contributed by atoms with E-state index in [4.69, 9.17) is 5.14 Å². The van der Waals surface area contributed by atoms with Gasteiger partial charge < -0.3 is 5.32 Å². The lowest BCUT2D eigenvalue weighted by Crippen LogP contribution is -2.12. The molecule has 1 aromatic heterocycles. The van der Waals surface area contributed by atoms with Crippen LogP contribution in [0.25, 0.3) is 11.0 Å². The van der Waals surface area contributed by atoms with Crippen LogP contribution in [0.15, 0.2) is 21.7 Å². The summed E-state index contributed by atoms with van der Waals surface area (Å²) in [6.45, 7) is 0. The lowest BCUT2D eigenvalue weighted by atomic mass is 10.2. The maximum Gasteiger partial charge on any atom is 0.240 e. The number of rotatable bonds is 2. The Kier molecular flexibility index (Phi) is 2.09. The molecule has 0 saturated carbocycles. The third kappa shape index (κ3) is 1.53. The molecule has 0 aliphatic carbocycles. The Labute approximate surface area is 85.3 Å². The molecule has 7 nitrogen and oxygen atoms in total. The summed E-state index contributed by atoms with van der Waals surface area (Å²) in [7, 11) is -2.13. The van der Waals surface area contributed by atoms with E-state index in [1.54, 1.807) is 13.1 Å². The molecule has 0 bridgehead atoms. The van der Waals surface area contributed by atoms with Crippen LogP contribution in [-0.4, -0.2) is 25.8 Å². The first-order valence-corrected chi connectivity index (χ1v) is 5.54. The molecule has 0 unspecified atom stereocenters. The van der Waals surface area contributed by atoms with E-state index in [1.807, 2.05) is 0 Å². The third-order valence-corrected chi connectivity index (χ3v) is 2.90. The normalized spacial score (nSPS) is 11.9. The summed E-state index contributed by atoms with van der Waals surface area (Å²) in [6.07, 6.45) is 0. The predicted molar refractivity (Wildman–Crippen MR) is 52.7 cm³/mol. The van der Waals surface area contributed by atoms with E-state index in [1.165, 1.54) is 6.07 Å². The van der Waals surface area contributed by atoms with Crippen LogP contribution in [0.4, 0.5) is 5.69 Å². The highest BCUT2D eigenvalue weighted by molar-refractivity contribution is 7.89. The van der Waals surface area contributed by atoms with Crippen LogP contribution in [0.2, 0.25) is 0 Å². The second-order valence-corrected chi connectivity index (χ2v) is 4.40. The molecule has 8 heteroatoms. The second kappa shape index (κ2) is 3.17. The molecule has 0 spiro atoms. The Morgan fingerprint density at radius 2 is 2.00 bits per heavy atom. The largest absolute Gasteiger partial charge is 0.386 e. The van der Waals surface area contributed by atoms with Gasteiger partial charge in [-0.15, -0.1) is 0 Å². The number of benzene rings is 1. The molecular weight excluding hydrogens is 220 g/mol. The zero-order chi connectivity index (χ0) is 11.1. The van der Waals surface area contributed by atoms with E-state index in [9.17, 15) is 8.42 Å². The SMILES string of the molecule is CNc1ccc(S(N)(=O)=O)c2nonc12. The smallest absolute Gasteiger partial charge is 0.240 e. The van der Waals surface area contributed by atoms with Gasteiger partial charge in [0.1, 0.15) is 4.90 Å². The Balaban J connectivity index is 2.86. The molecule has 0 saturated heterocycles. The number of nitrogens with two attached hydrogens (primary N) is 1. The summed E-state index contributed by atoms with van der Waals surface area (Å²) >= 11 is 0. The monoisotopic (exact) mass is 228 g/mol. The minimum atomic E-state index is -3.81. The average molecular weight is 228 g/mol. The highest BCUT2D eigenvalue weighted by Crippen LogP contribution is 2.25. The number of anilines is 1. The number of nitrogens with one attached hydrogen (secondary N) is 1. The van der Waals surface area contributed by atoms with Crippen LogP contribution in [-0.2, 0) is 10.0 Å². The standard InChI is InChI=1S/C7H8N4O3S/c1-9-4-2-3-5(15(8,12)13)7-6(4)10-14-11-7/h2-3,9H,1H3,(H2,8,12,13). The predicted octanol–water partition coefficient (Wildman–Crippen LogP) is -0.0881. The molecule has 0 radical (unpaired) electrons. The number of aromatic nitrogens is 2. The van der Waals surface area contributed by atoms with Gasteiger partial charge in [0.2, 0.25) is 10.0 Å². The van der Waals surface area contributed by atoms with Crippen molar-refractivity contribution in [2.24, 2.45) is 5.14 Å². The third-order valence-electron chi connectivity index (χ3n) is 1.95. The minimum Gasteiger partial charge on any atom is -0.386 e. The fourth-order valence-electron chi connectivity index (χ4n) is 1.28. The number of fused-ring (bicyclic) bond motifs is 1. The van der Waals surface area contributed by atoms with Crippen molar-refractivity contribution in [2.45, 2.75) is 4.90 Å². The summed E-state index contributed by atoms with van der Waals surface area (Å²) in [5.41, 5.74) is 1.09. The summed E-state index contributed by atoms with van der Waals surface area (Å²) < 4.78 is 26.9. The molecule has 0 amide bonds. The molecule has 1 heterocycles. The zero-order valence-electron chi connectivity index (χ0n) is 7.76. The molecule has 15 heavy (non-hydrogen) atoms. The molecule has 3 N–H and O–H groups in total. The Hall–Kier alpha value is -1.67. The van der Waals surface area contributed by atoms with Gasteiger partial charge in [-0.3, -0.25) is 0 Å². The van der Waals surface area contributed by atoms with E-state index in [0.717, 1.165) is 0 Å². The van der Waals surface area contributed by atoms with Gasteiger partial charge in [0.05, 0.1) is 5.69 Å². The average Bonchev–Trinajstić information content (AvgIpc) is 2.62. The van der Waals surface area contributed by atoms with Gasteiger partial charge in [-0.05, 0) is 22.4 Å². The van der Waals surface area contributed by atoms with Crippen LogP contribution in [0.3, 0.4) is 0 Å². The quantitative estimate of drug-likeness (QED) is 0.743. The van der Waals surface area contributed by atoms with Crippen LogP contribution in [0.1, 0.15) is 0 Å². The van der Waals surface area contributed by atoms with E-state index < -0.39 is 10.0 Å². The Bertz CT molecular complexity index is 604. The van der Waals surface area contributed by atoms with E-state index in [0.29, 0.717) is 11.2 Å². The molecule has 2 aromatic rings. The number of hydrogen-bond donors (Lipinski definition) is 2. The van der Waals surface area contributed by atoms with Gasteiger partial charge in [0, 0.05) is 7.05 Å². The molecular formula is C7H8N4O3S. The number of hydrogen-bond acceptors (Lipinski definition) is 6. The van der Waals surface area contributed by atoms with Crippen molar-refractivity contribution in [3.05, 3.63) is 12.1 Å². The van der Waals surface area contributed by atoms with Crippen LogP contribution in [0, 0.1) is 0 Å². The lowest BCUT2D eigenvalue weighted by molar-refractivity contribution is 0.315. The Morgan fingerprint density at radius 1 is 1.33 bits per heavy atom. The van der Waals surface area contributed by atoms with Crippen molar-refractivity contribution in [1.82, 2.24) is 10.3 Å². The zero-order valence-corrected chi connectivity index (χ0v) is 8.58. The van der Waals surface area contributed by atoms with E-state index >= 15 is 0 Å². The first-order chi connectivity index (χ1) is 7.04. The first-order valence-electron chi connectivity index (χ1n) is 4.00. The molecule has 1 aromatic carbocycles. The molecule has 0 aliphatic rings. The minimum absolute atomic E-state index is 0.0993. The highest BCUT2D eigenvalue weighted by atomic mass is 32.2. The van der Waals surface area contributed by atoms with E-state index in [-0.39, 0.29) is 10.4 Å². The topological polar surface area (TPSA) is 111 Å². The molecule has 80 valence electrons. The fraction of sp³-hybridized carbons (Fsp3) is 0.143. The van der Waals surface area contributed by atoms with Crippen LogP contribution in [0.5, 0.6) is 0 Å².